The van der Waals surface area contributed by atoms with Crippen LogP contribution in [0.1, 0.15) is 47.5 Å². The average Bonchev–Trinajstić information content (AvgIpc) is 2.77. The fourth-order valence-corrected chi connectivity index (χ4v) is 4.78. The Labute approximate surface area is 110 Å². The predicted octanol–water partition coefficient (Wildman–Crippen LogP) is 3.03. The van der Waals surface area contributed by atoms with Gasteiger partial charge >= 0.3 is 0 Å². The van der Waals surface area contributed by atoms with Crippen molar-refractivity contribution in [2.75, 3.05) is 0 Å². The molecule has 1 heterocycles. The molecule has 2 saturated carbocycles. The normalized spacial score (nSPS) is 50.4. The fraction of sp³-hybridized carbons (Fsp3) is 0.812. The third-order valence-corrected chi connectivity index (χ3v) is 6.43. The number of hydrogen-bond acceptors (Lipinski definition) is 2. The molecule has 0 aromatic carbocycles. The Morgan fingerprint density at radius 3 is 2.17 bits per heavy atom. The molecular formula is C16H25NO. The molecule has 0 aromatic heterocycles. The highest BCUT2D eigenvalue weighted by Gasteiger charge is 2.67. The van der Waals surface area contributed by atoms with Crippen molar-refractivity contribution in [3.63, 3.8) is 0 Å². The monoisotopic (exact) mass is 247 g/mol. The second kappa shape index (κ2) is 3.47. The lowest BCUT2D eigenvalue weighted by Gasteiger charge is -2.37. The first-order valence-electron chi connectivity index (χ1n) is 7.31. The number of ketones is 1. The van der Waals surface area contributed by atoms with Gasteiger partial charge in [-0.05, 0) is 38.0 Å². The van der Waals surface area contributed by atoms with Gasteiger partial charge in [0.1, 0.15) is 0 Å². The van der Waals surface area contributed by atoms with Crippen molar-refractivity contribution in [3.8, 4) is 0 Å². The van der Waals surface area contributed by atoms with E-state index in [4.69, 9.17) is 0 Å². The van der Waals surface area contributed by atoms with Crippen molar-refractivity contribution in [2.45, 2.75) is 65.6 Å². The Balaban J connectivity index is 1.99. The Kier molecular flexibility index (Phi) is 2.39. The lowest BCUT2D eigenvalue weighted by molar-refractivity contribution is -0.133. The number of nitrogens with zero attached hydrogens (tertiary/aromatic N) is 1. The van der Waals surface area contributed by atoms with Crippen LogP contribution in [-0.2, 0) is 4.79 Å². The summed E-state index contributed by atoms with van der Waals surface area (Å²) in [5.41, 5.74) is 0.0706. The van der Waals surface area contributed by atoms with Gasteiger partial charge in [-0.1, -0.05) is 32.9 Å². The van der Waals surface area contributed by atoms with E-state index in [0.717, 1.165) is 6.42 Å². The van der Waals surface area contributed by atoms with Crippen LogP contribution in [0.15, 0.2) is 12.2 Å². The summed E-state index contributed by atoms with van der Waals surface area (Å²) in [7, 11) is 0. The zero-order valence-corrected chi connectivity index (χ0v) is 12.2. The standard InChI is InChI=1S/C16H25NO/c1-10-6-7-11(2)17(10)13-12-8-9-16(5,14(13)18)15(12,3)4/h6-7,10-13H,8-9H2,1-5H3/t10-,11-,12-,13+,16-/m0/s1. The number of carbonyl (C=O) groups excluding carboxylic acids is 1. The minimum Gasteiger partial charge on any atom is -0.297 e. The summed E-state index contributed by atoms with van der Waals surface area (Å²) in [5, 5.41) is 0. The zero-order chi connectivity index (χ0) is 13.3. The van der Waals surface area contributed by atoms with Gasteiger partial charge in [0.2, 0.25) is 0 Å². The topological polar surface area (TPSA) is 20.3 Å². The molecule has 2 bridgehead atoms. The van der Waals surface area contributed by atoms with E-state index in [2.05, 4.69) is 51.7 Å². The largest absolute Gasteiger partial charge is 0.297 e. The number of fused-ring (bicyclic) bond motifs is 2. The first kappa shape index (κ1) is 12.4. The molecule has 0 amide bonds. The summed E-state index contributed by atoms with van der Waals surface area (Å²) in [6, 6.07) is 0.971. The van der Waals surface area contributed by atoms with Crippen LogP contribution in [-0.4, -0.2) is 28.8 Å². The van der Waals surface area contributed by atoms with Crippen LogP contribution >= 0.6 is 0 Å². The smallest absolute Gasteiger partial charge is 0.156 e. The lowest BCUT2D eigenvalue weighted by Crippen LogP contribution is -2.51. The summed E-state index contributed by atoms with van der Waals surface area (Å²) in [6.45, 7) is 11.3. The molecule has 18 heavy (non-hydrogen) atoms. The van der Waals surface area contributed by atoms with Gasteiger partial charge in [-0.3, -0.25) is 9.69 Å². The van der Waals surface area contributed by atoms with Gasteiger partial charge in [0, 0.05) is 17.5 Å². The molecule has 0 aromatic rings. The average molecular weight is 247 g/mol. The summed E-state index contributed by atoms with van der Waals surface area (Å²) < 4.78 is 0. The SMILES string of the molecule is C[C@H]1C=C[C@H](C)N1[C@H]1C(=O)[C@]2(C)CC[C@@H]1C2(C)C. The van der Waals surface area contributed by atoms with Gasteiger partial charge in [0.05, 0.1) is 6.04 Å². The van der Waals surface area contributed by atoms with Crippen molar-refractivity contribution >= 4 is 5.78 Å². The Hall–Kier alpha value is -0.630. The van der Waals surface area contributed by atoms with Crippen LogP contribution in [0.4, 0.5) is 0 Å². The van der Waals surface area contributed by atoms with E-state index in [0.29, 0.717) is 23.8 Å². The molecule has 2 heteroatoms. The van der Waals surface area contributed by atoms with Crippen LogP contribution in [0.2, 0.25) is 0 Å². The third-order valence-electron chi connectivity index (χ3n) is 6.43. The minimum atomic E-state index is -0.0929. The van der Waals surface area contributed by atoms with Gasteiger partial charge in [-0.2, -0.15) is 0 Å². The van der Waals surface area contributed by atoms with E-state index >= 15 is 0 Å². The molecule has 0 saturated heterocycles. The van der Waals surface area contributed by atoms with Gasteiger partial charge in [-0.15, -0.1) is 0 Å². The molecular weight excluding hydrogens is 222 g/mol. The molecule has 1 aliphatic heterocycles. The zero-order valence-electron chi connectivity index (χ0n) is 12.2. The maximum Gasteiger partial charge on any atom is 0.156 e. The highest BCUT2D eigenvalue weighted by molar-refractivity contribution is 5.94. The van der Waals surface area contributed by atoms with Crippen LogP contribution in [0.25, 0.3) is 0 Å². The molecule has 0 radical (unpaired) electrons. The maximum absolute atomic E-state index is 12.9. The third kappa shape index (κ3) is 1.20. The molecule has 5 atom stereocenters. The minimum absolute atomic E-state index is 0.0929. The highest BCUT2D eigenvalue weighted by atomic mass is 16.1. The quantitative estimate of drug-likeness (QED) is 0.664. The van der Waals surface area contributed by atoms with Gasteiger partial charge in [0.25, 0.3) is 0 Å². The van der Waals surface area contributed by atoms with E-state index in [1.807, 2.05) is 0 Å². The molecule has 3 aliphatic rings. The molecule has 100 valence electrons. The maximum atomic E-state index is 12.9. The predicted molar refractivity (Wildman–Crippen MR) is 73.3 cm³/mol. The number of hydrogen-bond donors (Lipinski definition) is 0. The second-order valence-corrected chi connectivity index (χ2v) is 7.32. The van der Waals surface area contributed by atoms with Crippen molar-refractivity contribution in [2.24, 2.45) is 16.7 Å². The van der Waals surface area contributed by atoms with Gasteiger partial charge in [-0.25, -0.2) is 0 Å². The number of Topliss-reactive ketones (excluding diaryl/α,β-unsaturated/α-hetero) is 1. The second-order valence-electron chi connectivity index (χ2n) is 7.32. The van der Waals surface area contributed by atoms with Crippen LogP contribution in [0.5, 0.6) is 0 Å². The summed E-state index contributed by atoms with van der Waals surface area (Å²) in [4.78, 5) is 15.4. The van der Waals surface area contributed by atoms with Crippen molar-refractivity contribution in [1.82, 2.24) is 4.90 Å². The summed E-state index contributed by atoms with van der Waals surface area (Å²) in [6.07, 6.45) is 6.80. The van der Waals surface area contributed by atoms with Crippen molar-refractivity contribution in [1.29, 1.82) is 0 Å². The van der Waals surface area contributed by atoms with Crippen molar-refractivity contribution in [3.05, 3.63) is 12.2 Å². The van der Waals surface area contributed by atoms with E-state index in [9.17, 15) is 4.79 Å². The van der Waals surface area contributed by atoms with Gasteiger partial charge < -0.3 is 0 Å². The number of rotatable bonds is 1. The first-order chi connectivity index (χ1) is 8.30. The summed E-state index contributed by atoms with van der Waals surface area (Å²) >= 11 is 0. The summed E-state index contributed by atoms with van der Waals surface area (Å²) in [5.74, 6) is 1.05. The molecule has 3 rings (SSSR count). The fourth-order valence-electron chi connectivity index (χ4n) is 4.78. The lowest BCUT2D eigenvalue weighted by atomic mass is 9.70. The van der Waals surface area contributed by atoms with Crippen molar-refractivity contribution < 1.29 is 4.79 Å². The highest BCUT2D eigenvalue weighted by Crippen LogP contribution is 2.64. The molecule has 2 fully saturated rings. The molecule has 0 N–H and O–H groups in total. The van der Waals surface area contributed by atoms with E-state index in [1.165, 1.54) is 6.42 Å². The molecule has 0 spiro atoms. The van der Waals surface area contributed by atoms with E-state index in [-0.39, 0.29) is 16.9 Å². The Morgan fingerprint density at radius 1 is 1.17 bits per heavy atom. The van der Waals surface area contributed by atoms with Gasteiger partial charge in [0.15, 0.2) is 5.78 Å². The molecule has 0 unspecified atom stereocenters. The van der Waals surface area contributed by atoms with E-state index < -0.39 is 0 Å². The Bertz CT molecular complexity index is 411. The Morgan fingerprint density at radius 2 is 1.72 bits per heavy atom. The molecule has 2 aliphatic carbocycles. The first-order valence-corrected chi connectivity index (χ1v) is 7.31. The molecule has 2 nitrogen and oxygen atoms in total. The number of carbonyl (C=O) groups is 1. The van der Waals surface area contributed by atoms with E-state index in [1.54, 1.807) is 0 Å². The van der Waals surface area contributed by atoms with Crippen LogP contribution in [0, 0.1) is 16.7 Å². The van der Waals surface area contributed by atoms with Crippen LogP contribution in [0.3, 0.4) is 0 Å². The van der Waals surface area contributed by atoms with Crippen LogP contribution < -0.4 is 0 Å².